The predicted octanol–water partition coefficient (Wildman–Crippen LogP) is 2.36. The first-order valence-electron chi connectivity index (χ1n) is 4.98. The molecular formula is C11H9BrN4O. The van der Waals surface area contributed by atoms with Crippen molar-refractivity contribution in [2.45, 2.75) is 6.42 Å². The van der Waals surface area contributed by atoms with Gasteiger partial charge < -0.3 is 9.84 Å². The van der Waals surface area contributed by atoms with Gasteiger partial charge in [0.1, 0.15) is 6.07 Å². The molecule has 1 N–H and O–H groups in total. The SMILES string of the molecule is N#Cc1ccc(Br)cc1NCCc1ncno1. The lowest BCUT2D eigenvalue weighted by Gasteiger charge is -2.07. The van der Waals surface area contributed by atoms with Crippen molar-refractivity contribution in [3.63, 3.8) is 0 Å². The van der Waals surface area contributed by atoms with Gasteiger partial charge in [0.25, 0.3) is 0 Å². The standard InChI is InChI=1S/C11H9BrN4O/c12-9-2-1-8(6-13)10(5-9)14-4-3-11-15-7-16-17-11/h1-2,5,7,14H,3-4H2. The zero-order chi connectivity index (χ0) is 12.1. The Balaban J connectivity index is 1.99. The maximum atomic E-state index is 8.95. The Bertz CT molecular complexity index is 533. The molecule has 6 heteroatoms. The Morgan fingerprint density at radius 1 is 1.47 bits per heavy atom. The molecule has 2 rings (SSSR count). The number of nitrogens with zero attached hydrogens (tertiary/aromatic N) is 3. The van der Waals surface area contributed by atoms with Crippen molar-refractivity contribution >= 4 is 21.6 Å². The van der Waals surface area contributed by atoms with E-state index in [0.717, 1.165) is 10.2 Å². The molecule has 1 heterocycles. The lowest BCUT2D eigenvalue weighted by molar-refractivity contribution is 0.380. The molecule has 0 bridgehead atoms. The molecule has 0 saturated heterocycles. The molecule has 0 fully saturated rings. The van der Waals surface area contributed by atoms with Crippen LogP contribution in [-0.4, -0.2) is 16.7 Å². The minimum absolute atomic E-state index is 0.575. The number of aromatic nitrogens is 2. The number of nitrogens with one attached hydrogen (secondary N) is 1. The van der Waals surface area contributed by atoms with Gasteiger partial charge in [-0.3, -0.25) is 0 Å². The van der Waals surface area contributed by atoms with Gasteiger partial charge in [0.15, 0.2) is 6.33 Å². The number of hydrogen-bond acceptors (Lipinski definition) is 5. The quantitative estimate of drug-likeness (QED) is 0.936. The normalized spacial score (nSPS) is 9.88. The predicted molar refractivity (Wildman–Crippen MR) is 65.3 cm³/mol. The Morgan fingerprint density at radius 3 is 3.06 bits per heavy atom. The third-order valence-electron chi connectivity index (χ3n) is 2.16. The summed E-state index contributed by atoms with van der Waals surface area (Å²) in [6.45, 7) is 0.632. The molecule has 1 aromatic heterocycles. The number of anilines is 1. The van der Waals surface area contributed by atoms with Crippen LogP contribution in [0.4, 0.5) is 5.69 Å². The van der Waals surface area contributed by atoms with Crippen LogP contribution in [0.3, 0.4) is 0 Å². The lowest BCUT2D eigenvalue weighted by atomic mass is 10.2. The second kappa shape index (κ2) is 5.46. The van der Waals surface area contributed by atoms with Crippen LogP contribution in [-0.2, 0) is 6.42 Å². The van der Waals surface area contributed by atoms with Gasteiger partial charge in [-0.1, -0.05) is 21.1 Å². The van der Waals surface area contributed by atoms with E-state index in [0.29, 0.717) is 24.4 Å². The minimum Gasteiger partial charge on any atom is -0.383 e. The second-order valence-corrected chi connectivity index (χ2v) is 4.23. The maximum Gasteiger partial charge on any atom is 0.228 e. The Hall–Kier alpha value is -1.87. The second-order valence-electron chi connectivity index (χ2n) is 3.31. The highest BCUT2D eigenvalue weighted by Crippen LogP contribution is 2.20. The fraction of sp³-hybridized carbons (Fsp3) is 0.182. The van der Waals surface area contributed by atoms with Crippen LogP contribution in [0.25, 0.3) is 0 Å². The van der Waals surface area contributed by atoms with E-state index < -0.39 is 0 Å². The van der Waals surface area contributed by atoms with Gasteiger partial charge in [0, 0.05) is 17.4 Å². The Kier molecular flexibility index (Phi) is 3.73. The summed E-state index contributed by atoms with van der Waals surface area (Å²) in [7, 11) is 0. The van der Waals surface area contributed by atoms with Crippen LogP contribution in [0.1, 0.15) is 11.5 Å². The largest absolute Gasteiger partial charge is 0.383 e. The molecule has 1 aromatic carbocycles. The van der Waals surface area contributed by atoms with Gasteiger partial charge in [0.2, 0.25) is 5.89 Å². The fourth-order valence-electron chi connectivity index (χ4n) is 1.37. The van der Waals surface area contributed by atoms with Crippen molar-refractivity contribution < 1.29 is 4.52 Å². The molecule has 0 amide bonds. The highest BCUT2D eigenvalue weighted by Gasteiger charge is 2.03. The maximum absolute atomic E-state index is 8.95. The summed E-state index contributed by atoms with van der Waals surface area (Å²) in [5, 5.41) is 15.6. The van der Waals surface area contributed by atoms with Crippen molar-refractivity contribution in [2.24, 2.45) is 0 Å². The molecule has 0 radical (unpaired) electrons. The molecule has 0 aliphatic heterocycles. The highest BCUT2D eigenvalue weighted by molar-refractivity contribution is 9.10. The van der Waals surface area contributed by atoms with Crippen molar-refractivity contribution in [3.05, 3.63) is 40.5 Å². The Labute approximate surface area is 107 Å². The van der Waals surface area contributed by atoms with Crippen molar-refractivity contribution in [2.75, 3.05) is 11.9 Å². The van der Waals surface area contributed by atoms with Crippen LogP contribution in [0.15, 0.2) is 33.5 Å². The molecule has 2 aromatic rings. The van der Waals surface area contributed by atoms with Gasteiger partial charge in [-0.05, 0) is 18.2 Å². The number of benzene rings is 1. The third kappa shape index (κ3) is 3.04. The van der Waals surface area contributed by atoms with Crippen LogP contribution in [0.2, 0.25) is 0 Å². The molecule has 17 heavy (non-hydrogen) atoms. The first-order chi connectivity index (χ1) is 8.29. The zero-order valence-electron chi connectivity index (χ0n) is 8.85. The first kappa shape index (κ1) is 11.6. The number of rotatable bonds is 4. The fourth-order valence-corrected chi connectivity index (χ4v) is 1.73. The van der Waals surface area contributed by atoms with Gasteiger partial charge in [-0.25, -0.2) is 0 Å². The van der Waals surface area contributed by atoms with Crippen molar-refractivity contribution in [3.8, 4) is 6.07 Å². The minimum atomic E-state index is 0.575. The van der Waals surface area contributed by atoms with Gasteiger partial charge in [-0.15, -0.1) is 0 Å². The average Bonchev–Trinajstić information content (AvgIpc) is 2.82. The van der Waals surface area contributed by atoms with E-state index >= 15 is 0 Å². The summed E-state index contributed by atoms with van der Waals surface area (Å²) >= 11 is 3.37. The van der Waals surface area contributed by atoms with E-state index in [9.17, 15) is 0 Å². The van der Waals surface area contributed by atoms with Gasteiger partial charge in [-0.2, -0.15) is 10.2 Å². The van der Waals surface area contributed by atoms with E-state index in [-0.39, 0.29) is 0 Å². The summed E-state index contributed by atoms with van der Waals surface area (Å²) in [6, 6.07) is 7.60. The molecule has 5 nitrogen and oxygen atoms in total. The van der Waals surface area contributed by atoms with Crippen molar-refractivity contribution in [1.29, 1.82) is 5.26 Å². The molecule has 0 saturated carbocycles. The lowest BCUT2D eigenvalue weighted by Crippen LogP contribution is -2.06. The summed E-state index contributed by atoms with van der Waals surface area (Å²) in [6.07, 6.45) is 1.99. The summed E-state index contributed by atoms with van der Waals surface area (Å²) in [5.41, 5.74) is 1.40. The Morgan fingerprint density at radius 2 is 2.35 bits per heavy atom. The third-order valence-corrected chi connectivity index (χ3v) is 2.66. The van der Waals surface area contributed by atoms with Crippen LogP contribution >= 0.6 is 15.9 Å². The topological polar surface area (TPSA) is 74.7 Å². The van der Waals surface area contributed by atoms with E-state index in [1.165, 1.54) is 6.33 Å². The van der Waals surface area contributed by atoms with Crippen LogP contribution < -0.4 is 5.32 Å². The van der Waals surface area contributed by atoms with Crippen LogP contribution in [0, 0.1) is 11.3 Å². The molecule has 0 aliphatic carbocycles. The van der Waals surface area contributed by atoms with E-state index in [1.807, 2.05) is 12.1 Å². The monoisotopic (exact) mass is 292 g/mol. The van der Waals surface area contributed by atoms with E-state index in [1.54, 1.807) is 6.07 Å². The van der Waals surface area contributed by atoms with E-state index in [4.69, 9.17) is 9.78 Å². The summed E-state index contributed by atoms with van der Waals surface area (Å²) in [5.74, 6) is 0.575. The van der Waals surface area contributed by atoms with Gasteiger partial charge in [0.05, 0.1) is 11.3 Å². The highest BCUT2D eigenvalue weighted by atomic mass is 79.9. The molecule has 0 atom stereocenters. The number of hydrogen-bond donors (Lipinski definition) is 1. The summed E-state index contributed by atoms with van der Waals surface area (Å²) < 4.78 is 5.80. The smallest absolute Gasteiger partial charge is 0.228 e. The molecule has 0 spiro atoms. The molecule has 0 unspecified atom stereocenters. The molecule has 86 valence electrons. The summed E-state index contributed by atoms with van der Waals surface area (Å²) in [4.78, 5) is 3.92. The van der Waals surface area contributed by atoms with Crippen molar-refractivity contribution in [1.82, 2.24) is 10.1 Å². The molecular weight excluding hydrogens is 284 g/mol. The molecule has 0 aliphatic rings. The first-order valence-corrected chi connectivity index (χ1v) is 5.78. The van der Waals surface area contributed by atoms with Gasteiger partial charge >= 0.3 is 0 Å². The van der Waals surface area contributed by atoms with Crippen LogP contribution in [0.5, 0.6) is 0 Å². The number of halogens is 1. The zero-order valence-corrected chi connectivity index (χ0v) is 10.4. The van der Waals surface area contributed by atoms with E-state index in [2.05, 4.69) is 37.5 Å². The average molecular weight is 293 g/mol. The number of nitriles is 1.